The number of ether oxygens (including phenoxy) is 1. The Hall–Kier alpha value is -3.47. The lowest BCUT2D eigenvalue weighted by Gasteiger charge is -2.35. The van der Waals surface area contributed by atoms with Crippen LogP contribution in [-0.4, -0.2) is 64.7 Å². The smallest absolute Gasteiger partial charge is 0.341 e. The number of thiophene rings is 1. The first-order valence-electron chi connectivity index (χ1n) is 11.3. The molecule has 0 atom stereocenters. The molecular formula is C23H26N6O4S. The molecule has 0 spiro atoms. The summed E-state index contributed by atoms with van der Waals surface area (Å²) in [6.45, 7) is 1.82. The zero-order chi connectivity index (χ0) is 23.8. The molecule has 0 aromatic carbocycles. The van der Waals surface area contributed by atoms with Crippen LogP contribution >= 0.6 is 11.3 Å². The number of esters is 1. The number of nitrogens with zero attached hydrogens (tertiary/aromatic N) is 5. The number of rotatable bonds is 3. The van der Waals surface area contributed by atoms with Crippen molar-refractivity contribution < 1.29 is 14.3 Å². The highest BCUT2D eigenvalue weighted by Crippen LogP contribution is 2.38. The van der Waals surface area contributed by atoms with E-state index in [9.17, 15) is 14.4 Å². The van der Waals surface area contributed by atoms with Gasteiger partial charge in [-0.25, -0.2) is 19.6 Å². The minimum Gasteiger partial charge on any atom is -0.465 e. The van der Waals surface area contributed by atoms with Crippen molar-refractivity contribution in [2.24, 2.45) is 7.05 Å². The number of hydrogen-bond acceptors (Lipinski definition) is 8. The zero-order valence-electron chi connectivity index (χ0n) is 19.2. The van der Waals surface area contributed by atoms with Crippen LogP contribution in [0, 0.1) is 0 Å². The number of urea groups is 1. The predicted octanol–water partition coefficient (Wildman–Crippen LogP) is 2.41. The molecule has 0 bridgehead atoms. The van der Waals surface area contributed by atoms with Crippen LogP contribution < -0.4 is 15.8 Å². The third kappa shape index (κ3) is 3.89. The standard InChI is InChI=1S/C23H26N6O4S/c1-27-18-15(7-5-9-24-18)25-19(21(27)30)28-10-12-29(13-11-28)23(32)26-20-17(22(31)33-2)14-6-3-4-8-16(14)34-20/h5,7,9H,3-4,6,8,10-13H2,1-2H3,(H,26,32). The molecule has 1 aliphatic heterocycles. The minimum absolute atomic E-state index is 0.212. The number of aromatic nitrogens is 3. The van der Waals surface area contributed by atoms with Gasteiger partial charge < -0.3 is 14.5 Å². The summed E-state index contributed by atoms with van der Waals surface area (Å²) in [5.74, 6) is -0.0470. The van der Waals surface area contributed by atoms with E-state index >= 15 is 0 Å². The van der Waals surface area contributed by atoms with Crippen molar-refractivity contribution in [3.63, 3.8) is 0 Å². The normalized spacial score (nSPS) is 15.8. The van der Waals surface area contributed by atoms with Gasteiger partial charge in [-0.05, 0) is 43.4 Å². The molecule has 178 valence electrons. The summed E-state index contributed by atoms with van der Waals surface area (Å²) in [6, 6.07) is 3.36. The second kappa shape index (κ2) is 9.05. The summed E-state index contributed by atoms with van der Waals surface area (Å²) < 4.78 is 6.50. The minimum atomic E-state index is -0.410. The Kier molecular flexibility index (Phi) is 5.94. The number of aryl methyl sites for hydroxylation is 2. The van der Waals surface area contributed by atoms with Crippen LogP contribution in [-0.2, 0) is 24.6 Å². The second-order valence-corrected chi connectivity index (χ2v) is 9.56. The Morgan fingerprint density at radius 1 is 1.15 bits per heavy atom. The van der Waals surface area contributed by atoms with Crippen molar-refractivity contribution >= 4 is 45.3 Å². The number of carbonyl (C=O) groups is 2. The molecule has 10 nitrogen and oxygen atoms in total. The Labute approximate surface area is 200 Å². The van der Waals surface area contributed by atoms with Crippen LogP contribution in [0.3, 0.4) is 0 Å². The number of pyridine rings is 1. The molecule has 3 aromatic heterocycles. The van der Waals surface area contributed by atoms with E-state index in [4.69, 9.17) is 4.74 Å². The molecule has 1 fully saturated rings. The van der Waals surface area contributed by atoms with E-state index in [-0.39, 0.29) is 11.6 Å². The first kappa shape index (κ1) is 22.3. The first-order chi connectivity index (χ1) is 16.5. The molecular weight excluding hydrogens is 456 g/mol. The highest BCUT2D eigenvalue weighted by molar-refractivity contribution is 7.17. The molecule has 1 aliphatic carbocycles. The molecule has 5 rings (SSSR count). The first-order valence-corrected chi connectivity index (χ1v) is 12.1. The van der Waals surface area contributed by atoms with Gasteiger partial charge in [-0.3, -0.25) is 14.7 Å². The lowest BCUT2D eigenvalue weighted by Crippen LogP contribution is -2.51. The van der Waals surface area contributed by atoms with Crippen LogP contribution in [0.15, 0.2) is 23.1 Å². The Bertz CT molecular complexity index is 1320. The van der Waals surface area contributed by atoms with Crippen molar-refractivity contribution in [2.75, 3.05) is 43.5 Å². The monoisotopic (exact) mass is 482 g/mol. The molecule has 1 N–H and O–H groups in total. The van der Waals surface area contributed by atoms with Gasteiger partial charge in [-0.2, -0.15) is 0 Å². The predicted molar refractivity (Wildman–Crippen MR) is 130 cm³/mol. The maximum atomic E-state index is 13.0. The fraction of sp³-hybridized carbons (Fsp3) is 0.435. The van der Waals surface area contributed by atoms with Crippen LogP contribution in [0.25, 0.3) is 11.2 Å². The van der Waals surface area contributed by atoms with Crippen molar-refractivity contribution in [3.8, 4) is 0 Å². The molecule has 0 unspecified atom stereocenters. The van der Waals surface area contributed by atoms with Crippen molar-refractivity contribution in [3.05, 3.63) is 44.7 Å². The van der Waals surface area contributed by atoms with E-state index < -0.39 is 5.97 Å². The summed E-state index contributed by atoms with van der Waals surface area (Å²) in [5, 5.41) is 3.51. The molecule has 4 heterocycles. The molecule has 2 aliphatic rings. The van der Waals surface area contributed by atoms with Crippen LogP contribution in [0.5, 0.6) is 0 Å². The highest BCUT2D eigenvalue weighted by Gasteiger charge is 2.29. The van der Waals surface area contributed by atoms with Gasteiger partial charge in [0.2, 0.25) is 0 Å². The molecule has 0 radical (unpaired) electrons. The number of fused-ring (bicyclic) bond motifs is 2. The Morgan fingerprint density at radius 3 is 2.68 bits per heavy atom. The van der Waals surface area contributed by atoms with Crippen LogP contribution in [0.4, 0.5) is 15.6 Å². The summed E-state index contributed by atoms with van der Waals surface area (Å²) in [4.78, 5) is 51.9. The maximum absolute atomic E-state index is 13.0. The highest BCUT2D eigenvalue weighted by atomic mass is 32.1. The average molecular weight is 483 g/mol. The van der Waals surface area contributed by atoms with E-state index in [0.717, 1.165) is 36.1 Å². The number of nitrogens with one attached hydrogen (secondary N) is 1. The molecule has 34 heavy (non-hydrogen) atoms. The van der Waals surface area contributed by atoms with E-state index in [0.29, 0.717) is 53.7 Å². The van der Waals surface area contributed by atoms with E-state index in [2.05, 4.69) is 15.3 Å². The summed E-state index contributed by atoms with van der Waals surface area (Å²) >= 11 is 1.47. The summed E-state index contributed by atoms with van der Waals surface area (Å²) in [6.07, 6.45) is 5.50. The largest absolute Gasteiger partial charge is 0.465 e. The SMILES string of the molecule is COC(=O)c1c(NC(=O)N2CCN(c3nc4cccnc4n(C)c3=O)CC2)sc2c1CCCC2. The third-order valence-corrected chi connectivity index (χ3v) is 7.66. The van der Waals surface area contributed by atoms with Gasteiger partial charge in [0.05, 0.1) is 12.7 Å². The third-order valence-electron chi connectivity index (χ3n) is 6.45. The van der Waals surface area contributed by atoms with Gasteiger partial charge in [0.15, 0.2) is 11.5 Å². The van der Waals surface area contributed by atoms with E-state index in [1.807, 2.05) is 11.0 Å². The van der Waals surface area contributed by atoms with Gasteiger partial charge >= 0.3 is 12.0 Å². The number of methoxy groups -OCH3 is 1. The maximum Gasteiger partial charge on any atom is 0.341 e. The summed E-state index contributed by atoms with van der Waals surface area (Å²) in [5.41, 5.74) is 2.48. The van der Waals surface area contributed by atoms with Crippen molar-refractivity contribution in [1.82, 2.24) is 19.4 Å². The average Bonchev–Trinajstić information content (AvgIpc) is 3.23. The Morgan fingerprint density at radius 2 is 1.91 bits per heavy atom. The Balaban J connectivity index is 1.31. The van der Waals surface area contributed by atoms with Gasteiger partial charge in [-0.15, -0.1) is 11.3 Å². The lowest BCUT2D eigenvalue weighted by atomic mass is 9.95. The number of carbonyl (C=O) groups excluding carboxylic acids is 2. The van der Waals surface area contributed by atoms with Gasteiger partial charge in [-0.1, -0.05) is 0 Å². The van der Waals surface area contributed by atoms with Crippen molar-refractivity contribution in [2.45, 2.75) is 25.7 Å². The topological polar surface area (TPSA) is 110 Å². The van der Waals surface area contributed by atoms with E-state index in [1.165, 1.54) is 23.0 Å². The second-order valence-electron chi connectivity index (χ2n) is 8.46. The van der Waals surface area contributed by atoms with Crippen molar-refractivity contribution in [1.29, 1.82) is 0 Å². The lowest BCUT2D eigenvalue weighted by molar-refractivity contribution is 0.0601. The zero-order valence-corrected chi connectivity index (χ0v) is 20.0. The molecule has 0 saturated carbocycles. The molecule has 1 saturated heterocycles. The number of amides is 2. The molecule has 11 heteroatoms. The molecule has 3 aromatic rings. The quantitative estimate of drug-likeness (QED) is 0.571. The fourth-order valence-corrected chi connectivity index (χ4v) is 5.88. The summed E-state index contributed by atoms with van der Waals surface area (Å²) in [7, 11) is 3.05. The van der Waals surface area contributed by atoms with Gasteiger partial charge in [0, 0.05) is 44.3 Å². The van der Waals surface area contributed by atoms with Gasteiger partial charge in [0.1, 0.15) is 10.5 Å². The number of hydrogen-bond donors (Lipinski definition) is 1. The van der Waals surface area contributed by atoms with E-state index in [1.54, 1.807) is 24.2 Å². The molecule has 2 amide bonds. The number of piperazine rings is 1. The van der Waals surface area contributed by atoms with Gasteiger partial charge in [0.25, 0.3) is 5.56 Å². The fourth-order valence-electron chi connectivity index (χ4n) is 4.62. The van der Waals surface area contributed by atoms with Crippen LogP contribution in [0.2, 0.25) is 0 Å². The number of anilines is 2. The van der Waals surface area contributed by atoms with Crippen LogP contribution in [0.1, 0.15) is 33.6 Å².